The molecule has 4 N–H and O–H groups in total. The van der Waals surface area contributed by atoms with Crippen molar-refractivity contribution in [1.29, 1.82) is 0 Å². The topological polar surface area (TPSA) is 125 Å². The van der Waals surface area contributed by atoms with E-state index in [1.54, 1.807) is 0 Å². The van der Waals surface area contributed by atoms with Gasteiger partial charge in [0, 0.05) is 19.0 Å². The molecule has 0 bridgehead atoms. The number of benzene rings is 2. The predicted octanol–water partition coefficient (Wildman–Crippen LogP) is 3.14. The summed E-state index contributed by atoms with van der Waals surface area (Å²) in [5.41, 5.74) is 2.95. The minimum Gasteiger partial charge on any atom is -0.481 e. The zero-order valence-corrected chi connectivity index (χ0v) is 19.7. The van der Waals surface area contributed by atoms with Gasteiger partial charge in [-0.25, -0.2) is 4.79 Å². The number of hydrogen-bond acceptors (Lipinski definition) is 5. The Balaban J connectivity index is 1.54. The van der Waals surface area contributed by atoms with Crippen LogP contribution in [0.1, 0.15) is 44.2 Å². The van der Waals surface area contributed by atoms with Crippen molar-refractivity contribution in [2.45, 2.75) is 38.7 Å². The quantitative estimate of drug-likeness (QED) is 0.425. The smallest absolute Gasteiger partial charge is 0.407 e. The summed E-state index contributed by atoms with van der Waals surface area (Å²) in [6.07, 6.45) is -1.10. The average Bonchev–Trinajstić information content (AvgIpc) is 3.09. The summed E-state index contributed by atoms with van der Waals surface area (Å²) in [5, 5.41) is 24.2. The highest BCUT2D eigenvalue weighted by atomic mass is 16.5. The summed E-state index contributed by atoms with van der Waals surface area (Å²) < 4.78 is 5.52. The number of aliphatic carboxylic acids is 1. The number of carboxylic acids is 1. The van der Waals surface area contributed by atoms with Crippen LogP contribution in [-0.4, -0.2) is 53.5 Å². The Labute approximate surface area is 199 Å². The maximum Gasteiger partial charge on any atom is 0.407 e. The van der Waals surface area contributed by atoms with Crippen LogP contribution in [0, 0.1) is 11.8 Å². The first-order valence-corrected chi connectivity index (χ1v) is 11.4. The molecule has 2 atom stereocenters. The minimum absolute atomic E-state index is 0.0567. The van der Waals surface area contributed by atoms with Crippen LogP contribution in [-0.2, 0) is 14.3 Å². The van der Waals surface area contributed by atoms with Crippen LogP contribution >= 0.6 is 0 Å². The number of ether oxygens (including phenoxy) is 1. The lowest BCUT2D eigenvalue weighted by Crippen LogP contribution is -2.47. The first-order chi connectivity index (χ1) is 16.1. The molecule has 0 saturated carbocycles. The van der Waals surface area contributed by atoms with Gasteiger partial charge in [0.05, 0.1) is 17.9 Å². The van der Waals surface area contributed by atoms with Crippen molar-refractivity contribution in [3.8, 4) is 11.1 Å². The highest BCUT2D eigenvalue weighted by Gasteiger charge is 2.30. The van der Waals surface area contributed by atoms with Crippen LogP contribution in [0.15, 0.2) is 48.5 Å². The molecule has 0 aromatic heterocycles. The van der Waals surface area contributed by atoms with Crippen molar-refractivity contribution in [2.75, 3.05) is 19.7 Å². The first kappa shape index (κ1) is 25.2. The Bertz CT molecular complexity index is 1000. The van der Waals surface area contributed by atoms with Crippen LogP contribution in [0.25, 0.3) is 11.1 Å². The van der Waals surface area contributed by atoms with Crippen LogP contribution in [0.3, 0.4) is 0 Å². The highest BCUT2D eigenvalue weighted by Crippen LogP contribution is 2.44. The second kappa shape index (κ2) is 10.7. The van der Waals surface area contributed by atoms with E-state index >= 15 is 0 Å². The zero-order chi connectivity index (χ0) is 24.9. The average molecular weight is 469 g/mol. The fourth-order valence-corrected chi connectivity index (χ4v) is 4.27. The number of carbonyl (C=O) groups is 3. The Morgan fingerprint density at radius 3 is 2.09 bits per heavy atom. The molecular formula is C26H32N2O6. The van der Waals surface area contributed by atoms with E-state index in [2.05, 4.69) is 22.8 Å². The monoisotopic (exact) mass is 468 g/mol. The van der Waals surface area contributed by atoms with Crippen molar-refractivity contribution >= 4 is 18.0 Å². The molecule has 0 aliphatic heterocycles. The second-order valence-corrected chi connectivity index (χ2v) is 9.34. The molecule has 2 amide bonds. The fraction of sp³-hybridized carbons (Fsp3) is 0.423. The molecule has 0 spiro atoms. The molecule has 2 aromatic carbocycles. The Hall–Kier alpha value is -3.39. The van der Waals surface area contributed by atoms with Crippen molar-refractivity contribution in [3.63, 3.8) is 0 Å². The molecule has 3 rings (SSSR count). The van der Waals surface area contributed by atoms with Crippen molar-refractivity contribution < 1.29 is 29.3 Å². The Morgan fingerprint density at radius 2 is 1.56 bits per heavy atom. The van der Waals surface area contributed by atoms with E-state index in [0.29, 0.717) is 0 Å². The summed E-state index contributed by atoms with van der Waals surface area (Å²) in [7, 11) is 0. The van der Waals surface area contributed by atoms with Gasteiger partial charge in [-0.1, -0.05) is 62.4 Å². The van der Waals surface area contributed by atoms with Crippen LogP contribution in [0.4, 0.5) is 4.79 Å². The summed E-state index contributed by atoms with van der Waals surface area (Å²) in [4.78, 5) is 35.9. The molecule has 8 nitrogen and oxygen atoms in total. The number of fused-ring (bicyclic) bond motifs is 3. The number of carboxylic acid groups (broad SMARTS) is 1. The molecule has 0 saturated heterocycles. The van der Waals surface area contributed by atoms with E-state index in [-0.39, 0.29) is 37.4 Å². The number of alkyl carbamates (subject to hydrolysis) is 1. The summed E-state index contributed by atoms with van der Waals surface area (Å²) >= 11 is 0. The van der Waals surface area contributed by atoms with Crippen molar-refractivity contribution in [1.82, 2.24) is 10.6 Å². The SMILES string of the molecule is CC(C)C(CNC(=O)OCC1c2ccccc2-c2ccccc21)C(=O)NCC(C)(O)CC(=O)O. The standard InChI is InChI=1S/C26H32N2O6/c1-16(2)21(24(31)28-15-26(3,33)12-23(29)30)13-27-25(32)34-14-22-19-10-6-4-8-17(19)18-9-5-7-11-20(18)22/h4-11,16,21-22,33H,12-15H2,1-3H3,(H,27,32)(H,28,31)(H,29,30). The summed E-state index contributed by atoms with van der Waals surface area (Å²) in [6, 6.07) is 16.1. The maximum atomic E-state index is 12.6. The minimum atomic E-state index is -1.57. The van der Waals surface area contributed by atoms with Gasteiger partial charge in [0.2, 0.25) is 5.91 Å². The van der Waals surface area contributed by atoms with E-state index in [9.17, 15) is 19.5 Å². The number of amides is 2. The molecule has 0 heterocycles. The van der Waals surface area contributed by atoms with Crippen LogP contribution in [0.5, 0.6) is 0 Å². The second-order valence-electron chi connectivity index (χ2n) is 9.34. The Kier molecular flexibility index (Phi) is 7.94. The number of rotatable bonds is 10. The molecule has 34 heavy (non-hydrogen) atoms. The third kappa shape index (κ3) is 6.14. The fourth-order valence-electron chi connectivity index (χ4n) is 4.27. The molecule has 0 fully saturated rings. The molecule has 8 heteroatoms. The number of aliphatic hydroxyl groups is 1. The largest absolute Gasteiger partial charge is 0.481 e. The third-order valence-electron chi connectivity index (χ3n) is 6.13. The van der Waals surface area contributed by atoms with Gasteiger partial charge >= 0.3 is 12.1 Å². The van der Waals surface area contributed by atoms with Gasteiger partial charge in [0.1, 0.15) is 6.61 Å². The molecule has 0 radical (unpaired) electrons. The van der Waals surface area contributed by atoms with E-state index in [4.69, 9.17) is 9.84 Å². The molecule has 182 valence electrons. The lowest BCUT2D eigenvalue weighted by atomic mass is 9.94. The number of hydrogen-bond donors (Lipinski definition) is 4. The van der Waals surface area contributed by atoms with E-state index < -0.39 is 30.0 Å². The highest BCUT2D eigenvalue weighted by molar-refractivity contribution is 5.81. The molecule has 1 aliphatic rings. The van der Waals surface area contributed by atoms with Gasteiger partial charge < -0.3 is 25.6 Å². The Morgan fingerprint density at radius 1 is 1.00 bits per heavy atom. The van der Waals surface area contributed by atoms with Gasteiger partial charge in [0.15, 0.2) is 0 Å². The first-order valence-electron chi connectivity index (χ1n) is 11.4. The van der Waals surface area contributed by atoms with Crippen molar-refractivity contribution in [3.05, 3.63) is 59.7 Å². The van der Waals surface area contributed by atoms with E-state index in [0.717, 1.165) is 22.3 Å². The zero-order valence-electron chi connectivity index (χ0n) is 19.7. The molecule has 2 unspecified atom stereocenters. The molecule has 2 aromatic rings. The van der Waals surface area contributed by atoms with E-state index in [1.165, 1.54) is 6.92 Å². The van der Waals surface area contributed by atoms with E-state index in [1.807, 2.05) is 50.2 Å². The van der Waals surface area contributed by atoms with Gasteiger partial charge in [0.25, 0.3) is 0 Å². The van der Waals surface area contributed by atoms with Gasteiger partial charge in [-0.3, -0.25) is 9.59 Å². The molecular weight excluding hydrogens is 436 g/mol. The maximum absolute atomic E-state index is 12.6. The van der Waals surface area contributed by atoms with Crippen LogP contribution in [0.2, 0.25) is 0 Å². The number of carbonyl (C=O) groups excluding carboxylic acids is 2. The number of nitrogens with one attached hydrogen (secondary N) is 2. The lowest BCUT2D eigenvalue weighted by Gasteiger charge is -2.25. The van der Waals surface area contributed by atoms with Crippen molar-refractivity contribution in [2.24, 2.45) is 11.8 Å². The third-order valence-corrected chi connectivity index (χ3v) is 6.13. The van der Waals surface area contributed by atoms with Gasteiger partial charge in [-0.2, -0.15) is 0 Å². The summed E-state index contributed by atoms with van der Waals surface area (Å²) in [5.74, 6) is -2.26. The predicted molar refractivity (Wildman–Crippen MR) is 127 cm³/mol. The summed E-state index contributed by atoms with van der Waals surface area (Å²) in [6.45, 7) is 5.07. The van der Waals surface area contributed by atoms with Gasteiger partial charge in [-0.05, 0) is 35.1 Å². The van der Waals surface area contributed by atoms with Crippen LogP contribution < -0.4 is 10.6 Å². The molecule has 1 aliphatic carbocycles. The van der Waals surface area contributed by atoms with Gasteiger partial charge in [-0.15, -0.1) is 0 Å². The normalized spacial score (nSPS) is 15.1. The lowest BCUT2D eigenvalue weighted by molar-refractivity contribution is -0.142.